The molecule has 0 fully saturated rings. The summed E-state index contributed by atoms with van der Waals surface area (Å²) in [5, 5.41) is 1.02. The van der Waals surface area contributed by atoms with Gasteiger partial charge >= 0.3 is 0 Å². The van der Waals surface area contributed by atoms with E-state index in [1.54, 1.807) is 23.5 Å². The van der Waals surface area contributed by atoms with Crippen molar-refractivity contribution in [3.05, 3.63) is 51.2 Å². The molecule has 0 saturated heterocycles. The second-order valence-corrected chi connectivity index (χ2v) is 6.25. The predicted molar refractivity (Wildman–Crippen MR) is 77.8 cm³/mol. The van der Waals surface area contributed by atoms with Crippen molar-refractivity contribution in [2.75, 3.05) is 0 Å². The summed E-state index contributed by atoms with van der Waals surface area (Å²) in [7, 11) is 0. The molecule has 0 amide bonds. The van der Waals surface area contributed by atoms with Gasteiger partial charge in [0.15, 0.2) is 0 Å². The molecule has 2 N–H and O–H groups in total. The molecule has 0 atom stereocenters. The van der Waals surface area contributed by atoms with Crippen LogP contribution in [-0.2, 0) is 19.4 Å². The summed E-state index contributed by atoms with van der Waals surface area (Å²) in [5.41, 5.74) is 7.83. The average Bonchev–Trinajstić information content (AvgIpc) is 2.70. The molecule has 2 rings (SSSR count). The largest absolute Gasteiger partial charge is 0.326 e. The van der Waals surface area contributed by atoms with Gasteiger partial charge in [-0.05, 0) is 30.0 Å². The van der Waals surface area contributed by atoms with Gasteiger partial charge in [0.2, 0.25) is 0 Å². The number of hydrogen-bond acceptors (Lipinski definition) is 3. The summed E-state index contributed by atoms with van der Waals surface area (Å²) in [6.07, 6.45) is 1.62. The topological polar surface area (TPSA) is 38.9 Å². The van der Waals surface area contributed by atoms with Gasteiger partial charge in [0.1, 0.15) is 5.82 Å². The molecule has 102 valence electrons. The number of nitrogens with zero attached hydrogens (tertiary/aromatic N) is 1. The molecular formula is C15H19FN2S. The summed E-state index contributed by atoms with van der Waals surface area (Å²) < 4.78 is 13.2. The first-order valence-corrected chi connectivity index (χ1v) is 7.32. The molecule has 0 bridgehead atoms. The molecule has 1 aromatic heterocycles. The number of aromatic nitrogens is 1. The van der Waals surface area contributed by atoms with E-state index in [-0.39, 0.29) is 5.82 Å². The third-order valence-electron chi connectivity index (χ3n) is 2.85. The molecular weight excluding hydrogens is 259 g/mol. The molecule has 0 unspecified atom stereocenters. The fourth-order valence-corrected chi connectivity index (χ4v) is 3.05. The Balaban J connectivity index is 2.19. The number of hydrogen-bond donors (Lipinski definition) is 1. The Morgan fingerprint density at radius 3 is 2.79 bits per heavy atom. The summed E-state index contributed by atoms with van der Waals surface area (Å²) >= 11 is 1.64. The third kappa shape index (κ3) is 3.85. The molecule has 0 aliphatic rings. The van der Waals surface area contributed by atoms with E-state index in [2.05, 4.69) is 18.8 Å². The zero-order valence-corrected chi connectivity index (χ0v) is 12.1. The fraction of sp³-hybridized carbons (Fsp3) is 0.400. The van der Waals surface area contributed by atoms with Gasteiger partial charge < -0.3 is 5.73 Å². The smallest absolute Gasteiger partial charge is 0.123 e. The van der Waals surface area contributed by atoms with Gasteiger partial charge in [-0.2, -0.15) is 0 Å². The molecule has 2 aromatic rings. The number of nitrogens with two attached hydrogens (primary N) is 1. The Morgan fingerprint density at radius 2 is 2.16 bits per heavy atom. The normalized spacial score (nSPS) is 11.2. The third-order valence-corrected chi connectivity index (χ3v) is 3.97. The van der Waals surface area contributed by atoms with Crippen molar-refractivity contribution in [3.63, 3.8) is 0 Å². The summed E-state index contributed by atoms with van der Waals surface area (Å²) in [4.78, 5) is 5.82. The van der Waals surface area contributed by atoms with Gasteiger partial charge in [-0.15, -0.1) is 11.3 Å². The minimum absolute atomic E-state index is 0.199. The van der Waals surface area contributed by atoms with Crippen molar-refractivity contribution in [2.24, 2.45) is 11.7 Å². The van der Waals surface area contributed by atoms with Crippen molar-refractivity contribution in [1.29, 1.82) is 0 Å². The Hall–Kier alpha value is -1.26. The monoisotopic (exact) mass is 278 g/mol. The molecule has 0 spiro atoms. The highest BCUT2D eigenvalue weighted by molar-refractivity contribution is 7.11. The van der Waals surface area contributed by atoms with Gasteiger partial charge in [-0.3, -0.25) is 0 Å². The Morgan fingerprint density at radius 1 is 1.37 bits per heavy atom. The Bertz CT molecular complexity index is 549. The summed E-state index contributed by atoms with van der Waals surface area (Å²) in [5.74, 6) is 0.366. The summed E-state index contributed by atoms with van der Waals surface area (Å²) in [6.45, 7) is 4.88. The zero-order chi connectivity index (χ0) is 13.8. The van der Waals surface area contributed by atoms with Gasteiger partial charge in [-0.25, -0.2) is 9.37 Å². The molecule has 1 aromatic carbocycles. The predicted octanol–water partition coefficient (Wildman–Crippen LogP) is 3.53. The van der Waals surface area contributed by atoms with Gasteiger partial charge in [-0.1, -0.05) is 26.0 Å². The van der Waals surface area contributed by atoms with Crippen LogP contribution in [0, 0.1) is 11.7 Å². The van der Waals surface area contributed by atoms with Crippen LogP contribution in [-0.4, -0.2) is 4.98 Å². The SMILES string of the molecule is CC(C)Cc1nc(Cc2cccc(F)c2)sc1CN. The van der Waals surface area contributed by atoms with Crippen LogP contribution < -0.4 is 5.73 Å². The zero-order valence-electron chi connectivity index (χ0n) is 11.3. The molecule has 19 heavy (non-hydrogen) atoms. The number of thiazole rings is 1. The van der Waals surface area contributed by atoms with E-state index in [1.165, 1.54) is 6.07 Å². The maximum Gasteiger partial charge on any atom is 0.123 e. The molecule has 1 heterocycles. The number of benzene rings is 1. The Labute approximate surface area is 117 Å². The lowest BCUT2D eigenvalue weighted by molar-refractivity contribution is 0.625. The lowest BCUT2D eigenvalue weighted by atomic mass is 10.1. The van der Waals surface area contributed by atoms with E-state index in [0.717, 1.165) is 27.6 Å². The van der Waals surface area contributed by atoms with E-state index >= 15 is 0 Å². The lowest BCUT2D eigenvalue weighted by Crippen LogP contribution is -2.02. The quantitative estimate of drug-likeness (QED) is 0.908. The van der Waals surface area contributed by atoms with Crippen LogP contribution >= 0.6 is 11.3 Å². The van der Waals surface area contributed by atoms with Crippen molar-refractivity contribution in [1.82, 2.24) is 4.98 Å². The van der Waals surface area contributed by atoms with Crippen LogP contribution in [0.1, 0.15) is 35.0 Å². The minimum Gasteiger partial charge on any atom is -0.326 e. The van der Waals surface area contributed by atoms with Crippen LogP contribution in [0.2, 0.25) is 0 Å². The standard InChI is InChI=1S/C15H19FN2S/c1-10(2)6-13-14(9-17)19-15(18-13)8-11-4-3-5-12(16)7-11/h3-5,7,10H,6,8-9,17H2,1-2H3. The van der Waals surface area contributed by atoms with Crippen molar-refractivity contribution in [2.45, 2.75) is 33.2 Å². The van der Waals surface area contributed by atoms with Crippen LogP contribution in [0.3, 0.4) is 0 Å². The van der Waals surface area contributed by atoms with E-state index in [9.17, 15) is 4.39 Å². The number of halogens is 1. The molecule has 0 radical (unpaired) electrons. The first kappa shape index (κ1) is 14.2. The van der Waals surface area contributed by atoms with Crippen LogP contribution in [0.15, 0.2) is 24.3 Å². The van der Waals surface area contributed by atoms with Crippen LogP contribution in [0.25, 0.3) is 0 Å². The van der Waals surface area contributed by atoms with E-state index in [0.29, 0.717) is 18.9 Å². The number of rotatable bonds is 5. The van der Waals surface area contributed by atoms with Crippen molar-refractivity contribution < 1.29 is 4.39 Å². The van der Waals surface area contributed by atoms with Crippen molar-refractivity contribution >= 4 is 11.3 Å². The molecule has 0 aliphatic heterocycles. The fourth-order valence-electron chi connectivity index (χ4n) is 2.04. The van der Waals surface area contributed by atoms with Crippen molar-refractivity contribution in [3.8, 4) is 0 Å². The van der Waals surface area contributed by atoms with E-state index < -0.39 is 0 Å². The second-order valence-electron chi connectivity index (χ2n) is 5.09. The average molecular weight is 278 g/mol. The van der Waals surface area contributed by atoms with Crippen LogP contribution in [0.5, 0.6) is 0 Å². The van der Waals surface area contributed by atoms with E-state index in [4.69, 9.17) is 5.73 Å². The molecule has 4 heteroatoms. The Kier molecular flexibility index (Phi) is 4.66. The minimum atomic E-state index is -0.199. The second kappa shape index (κ2) is 6.26. The van der Waals surface area contributed by atoms with E-state index in [1.807, 2.05) is 6.07 Å². The molecule has 0 aliphatic carbocycles. The lowest BCUT2D eigenvalue weighted by Gasteiger charge is -2.02. The highest BCUT2D eigenvalue weighted by Gasteiger charge is 2.12. The van der Waals surface area contributed by atoms with Crippen LogP contribution in [0.4, 0.5) is 4.39 Å². The van der Waals surface area contributed by atoms with Gasteiger partial charge in [0, 0.05) is 17.8 Å². The molecule has 2 nitrogen and oxygen atoms in total. The first-order chi connectivity index (χ1) is 9.08. The highest BCUT2D eigenvalue weighted by atomic mass is 32.1. The molecule has 0 saturated carbocycles. The van der Waals surface area contributed by atoms with Gasteiger partial charge in [0.25, 0.3) is 0 Å². The maximum atomic E-state index is 13.2. The maximum absolute atomic E-state index is 13.2. The summed E-state index contributed by atoms with van der Waals surface area (Å²) in [6, 6.07) is 6.68. The highest BCUT2D eigenvalue weighted by Crippen LogP contribution is 2.23. The van der Waals surface area contributed by atoms with Gasteiger partial charge in [0.05, 0.1) is 10.7 Å². The first-order valence-electron chi connectivity index (χ1n) is 6.50.